The summed E-state index contributed by atoms with van der Waals surface area (Å²) in [7, 11) is 2.97. The molecule has 0 aromatic carbocycles. The van der Waals surface area contributed by atoms with E-state index in [9.17, 15) is 9.59 Å². The van der Waals surface area contributed by atoms with Gasteiger partial charge in [-0.25, -0.2) is 5.06 Å². The SMILES string of the molecule is COC(=O)CC1CCCC2C1CCC(=O)N2OC. The number of carbonyl (C=O) groups excluding carboxylic acids is 2. The Morgan fingerprint density at radius 2 is 2.11 bits per heavy atom. The van der Waals surface area contributed by atoms with Crippen molar-refractivity contribution in [2.24, 2.45) is 11.8 Å². The van der Waals surface area contributed by atoms with Gasteiger partial charge in [0.05, 0.1) is 20.3 Å². The topological polar surface area (TPSA) is 55.8 Å². The second kappa shape index (κ2) is 5.69. The molecule has 0 bridgehead atoms. The normalized spacial score (nSPS) is 32.0. The van der Waals surface area contributed by atoms with Crippen molar-refractivity contribution in [3.8, 4) is 0 Å². The Balaban J connectivity index is 2.07. The van der Waals surface area contributed by atoms with Gasteiger partial charge in [0.25, 0.3) is 0 Å². The molecular formula is C13H21NO4. The fourth-order valence-electron chi connectivity index (χ4n) is 3.42. The van der Waals surface area contributed by atoms with E-state index in [1.165, 1.54) is 12.2 Å². The van der Waals surface area contributed by atoms with E-state index in [0.29, 0.717) is 24.7 Å². The zero-order valence-corrected chi connectivity index (χ0v) is 11.1. The summed E-state index contributed by atoms with van der Waals surface area (Å²) in [5.74, 6) is 0.608. The summed E-state index contributed by atoms with van der Waals surface area (Å²) in [4.78, 5) is 28.4. The second-order valence-corrected chi connectivity index (χ2v) is 5.14. The first-order valence-corrected chi connectivity index (χ1v) is 6.60. The molecular weight excluding hydrogens is 234 g/mol. The van der Waals surface area contributed by atoms with Crippen LogP contribution >= 0.6 is 0 Å². The average Bonchev–Trinajstić information content (AvgIpc) is 2.38. The van der Waals surface area contributed by atoms with E-state index in [-0.39, 0.29) is 17.9 Å². The Morgan fingerprint density at radius 3 is 2.78 bits per heavy atom. The predicted octanol–water partition coefficient (Wildman–Crippen LogP) is 1.52. The highest BCUT2D eigenvalue weighted by molar-refractivity contribution is 5.76. The van der Waals surface area contributed by atoms with Gasteiger partial charge >= 0.3 is 5.97 Å². The van der Waals surface area contributed by atoms with Gasteiger partial charge in [0, 0.05) is 12.8 Å². The minimum Gasteiger partial charge on any atom is -0.469 e. The molecule has 2 aliphatic rings. The van der Waals surface area contributed by atoms with Crippen molar-refractivity contribution in [1.82, 2.24) is 5.06 Å². The number of nitrogens with zero attached hydrogens (tertiary/aromatic N) is 1. The number of amides is 1. The molecule has 0 radical (unpaired) electrons. The number of ether oxygens (including phenoxy) is 1. The summed E-state index contributed by atoms with van der Waals surface area (Å²) >= 11 is 0. The van der Waals surface area contributed by atoms with Crippen molar-refractivity contribution in [2.75, 3.05) is 14.2 Å². The zero-order valence-electron chi connectivity index (χ0n) is 11.1. The lowest BCUT2D eigenvalue weighted by molar-refractivity contribution is -0.210. The minimum absolute atomic E-state index is 0.0671. The van der Waals surface area contributed by atoms with Crippen LogP contribution in [0.1, 0.15) is 38.5 Å². The number of fused-ring (bicyclic) bond motifs is 1. The van der Waals surface area contributed by atoms with Crippen molar-refractivity contribution in [3.05, 3.63) is 0 Å². The Bertz CT molecular complexity index is 331. The largest absolute Gasteiger partial charge is 0.469 e. The van der Waals surface area contributed by atoms with Crippen LogP contribution < -0.4 is 0 Å². The van der Waals surface area contributed by atoms with Crippen LogP contribution in [0.4, 0.5) is 0 Å². The van der Waals surface area contributed by atoms with Gasteiger partial charge in [-0.05, 0) is 31.1 Å². The van der Waals surface area contributed by atoms with Gasteiger partial charge in [0.15, 0.2) is 0 Å². The predicted molar refractivity (Wildman–Crippen MR) is 64.3 cm³/mol. The molecule has 18 heavy (non-hydrogen) atoms. The zero-order chi connectivity index (χ0) is 13.1. The van der Waals surface area contributed by atoms with E-state index in [2.05, 4.69) is 0 Å². The Hall–Kier alpha value is -1.10. The van der Waals surface area contributed by atoms with E-state index >= 15 is 0 Å². The molecule has 3 atom stereocenters. The van der Waals surface area contributed by atoms with Crippen molar-refractivity contribution in [1.29, 1.82) is 0 Å². The third-order valence-corrected chi connectivity index (χ3v) is 4.27. The molecule has 5 heteroatoms. The molecule has 102 valence electrons. The van der Waals surface area contributed by atoms with E-state index in [4.69, 9.17) is 9.57 Å². The molecule has 0 aromatic heterocycles. The molecule has 2 fully saturated rings. The lowest BCUT2D eigenvalue weighted by atomic mass is 9.70. The van der Waals surface area contributed by atoms with Gasteiger partial charge in [-0.2, -0.15) is 0 Å². The lowest BCUT2D eigenvalue weighted by Crippen LogP contribution is -2.51. The smallest absolute Gasteiger partial charge is 0.305 e. The first-order chi connectivity index (χ1) is 8.67. The molecule has 0 aromatic rings. The first kappa shape index (κ1) is 13.3. The third-order valence-electron chi connectivity index (χ3n) is 4.27. The Labute approximate surface area is 107 Å². The summed E-state index contributed by atoms with van der Waals surface area (Å²) in [6, 6.07) is 0.139. The molecule has 3 unspecified atom stereocenters. The van der Waals surface area contributed by atoms with Crippen LogP contribution in [0.3, 0.4) is 0 Å². The van der Waals surface area contributed by atoms with Gasteiger partial charge in [-0.15, -0.1) is 0 Å². The monoisotopic (exact) mass is 255 g/mol. The van der Waals surface area contributed by atoms with Crippen LogP contribution in [0.25, 0.3) is 0 Å². The maximum atomic E-state index is 11.8. The molecule has 2 rings (SSSR count). The molecule has 1 saturated heterocycles. The van der Waals surface area contributed by atoms with Crippen LogP contribution in [-0.4, -0.2) is 37.2 Å². The summed E-state index contributed by atoms with van der Waals surface area (Å²) in [6.45, 7) is 0. The molecule has 1 aliphatic carbocycles. The van der Waals surface area contributed by atoms with Crippen LogP contribution in [-0.2, 0) is 19.2 Å². The lowest BCUT2D eigenvalue weighted by Gasteiger charge is -2.45. The standard InChI is InChI=1S/C13H21NO4/c1-17-13(16)8-9-4-3-5-11-10(9)6-7-12(15)14(11)18-2/h9-11H,3-8H2,1-2H3. The quantitative estimate of drug-likeness (QED) is 0.717. The van der Waals surface area contributed by atoms with E-state index in [1.807, 2.05) is 0 Å². The van der Waals surface area contributed by atoms with Crippen LogP contribution in [0, 0.1) is 11.8 Å². The van der Waals surface area contributed by atoms with Crippen LogP contribution in [0.15, 0.2) is 0 Å². The van der Waals surface area contributed by atoms with E-state index < -0.39 is 0 Å². The van der Waals surface area contributed by atoms with Crippen molar-refractivity contribution < 1.29 is 19.2 Å². The second-order valence-electron chi connectivity index (χ2n) is 5.14. The summed E-state index contributed by atoms with van der Waals surface area (Å²) in [5, 5.41) is 1.53. The van der Waals surface area contributed by atoms with Gasteiger partial charge in [-0.1, -0.05) is 6.42 Å². The molecule has 1 saturated carbocycles. The van der Waals surface area contributed by atoms with E-state index in [0.717, 1.165) is 25.7 Å². The fraction of sp³-hybridized carbons (Fsp3) is 0.846. The highest BCUT2D eigenvalue weighted by Crippen LogP contribution is 2.41. The van der Waals surface area contributed by atoms with Crippen molar-refractivity contribution in [2.45, 2.75) is 44.6 Å². The molecule has 0 spiro atoms. The van der Waals surface area contributed by atoms with Crippen LogP contribution in [0.2, 0.25) is 0 Å². The Kier molecular flexibility index (Phi) is 4.22. The highest BCUT2D eigenvalue weighted by Gasteiger charge is 2.43. The number of esters is 1. The number of hydrogen-bond donors (Lipinski definition) is 0. The van der Waals surface area contributed by atoms with Crippen molar-refractivity contribution >= 4 is 11.9 Å². The molecule has 1 aliphatic heterocycles. The minimum atomic E-state index is -0.151. The summed E-state index contributed by atoms with van der Waals surface area (Å²) < 4.78 is 4.76. The third kappa shape index (κ3) is 2.51. The number of rotatable bonds is 3. The van der Waals surface area contributed by atoms with Crippen LogP contribution in [0.5, 0.6) is 0 Å². The molecule has 0 N–H and O–H groups in total. The fourth-order valence-corrected chi connectivity index (χ4v) is 3.42. The Morgan fingerprint density at radius 1 is 1.33 bits per heavy atom. The number of methoxy groups -OCH3 is 1. The number of hydrogen-bond acceptors (Lipinski definition) is 4. The highest BCUT2D eigenvalue weighted by atomic mass is 16.7. The molecule has 5 nitrogen and oxygen atoms in total. The number of hydroxylamine groups is 2. The van der Waals surface area contributed by atoms with Gasteiger partial charge in [-0.3, -0.25) is 14.4 Å². The maximum absolute atomic E-state index is 11.8. The van der Waals surface area contributed by atoms with Gasteiger partial charge in [0.1, 0.15) is 0 Å². The summed E-state index contributed by atoms with van der Waals surface area (Å²) in [5.41, 5.74) is 0. The average molecular weight is 255 g/mol. The number of piperidine rings is 1. The van der Waals surface area contributed by atoms with Crippen molar-refractivity contribution in [3.63, 3.8) is 0 Å². The molecule has 1 heterocycles. The maximum Gasteiger partial charge on any atom is 0.305 e. The summed E-state index contributed by atoms with van der Waals surface area (Å²) in [6.07, 6.45) is 4.90. The molecule has 1 amide bonds. The van der Waals surface area contributed by atoms with Gasteiger partial charge in [0.2, 0.25) is 5.91 Å². The van der Waals surface area contributed by atoms with E-state index in [1.54, 1.807) is 7.11 Å². The number of carbonyl (C=O) groups is 2. The first-order valence-electron chi connectivity index (χ1n) is 6.60. The van der Waals surface area contributed by atoms with Gasteiger partial charge < -0.3 is 4.74 Å².